The highest BCUT2D eigenvalue weighted by Gasteiger charge is 2.16. The molecule has 0 saturated heterocycles. The van der Waals surface area contributed by atoms with Gasteiger partial charge in [-0.2, -0.15) is 0 Å². The van der Waals surface area contributed by atoms with Crippen molar-refractivity contribution in [1.29, 1.82) is 0 Å². The van der Waals surface area contributed by atoms with Gasteiger partial charge in [0.2, 0.25) is 0 Å². The van der Waals surface area contributed by atoms with E-state index in [0.29, 0.717) is 24.4 Å². The van der Waals surface area contributed by atoms with Crippen molar-refractivity contribution in [3.05, 3.63) is 29.3 Å². The summed E-state index contributed by atoms with van der Waals surface area (Å²) in [6.45, 7) is 7.36. The lowest BCUT2D eigenvalue weighted by molar-refractivity contribution is 0.0769. The lowest BCUT2D eigenvalue weighted by Crippen LogP contribution is -2.30. The Morgan fingerprint density at radius 2 is 1.94 bits per heavy atom. The van der Waals surface area contributed by atoms with Gasteiger partial charge in [0.05, 0.1) is 12.7 Å². The molecule has 0 N–H and O–H groups in total. The van der Waals surface area contributed by atoms with Gasteiger partial charge in [-0.1, -0.05) is 6.07 Å². The Kier molecular flexibility index (Phi) is 4.35. The molecule has 0 aliphatic heterocycles. The Morgan fingerprint density at radius 1 is 1.31 bits per heavy atom. The quantitative estimate of drug-likeness (QED) is 0.781. The second-order valence-electron chi connectivity index (χ2n) is 3.68. The number of carbonyl (C=O) groups excluding carboxylic acids is 1. The maximum absolute atomic E-state index is 12.1. The highest BCUT2D eigenvalue weighted by molar-refractivity contribution is 5.97. The van der Waals surface area contributed by atoms with Crippen molar-refractivity contribution in [1.82, 2.24) is 4.90 Å². The van der Waals surface area contributed by atoms with Gasteiger partial charge in [-0.15, -0.1) is 0 Å². The third kappa shape index (κ3) is 2.54. The van der Waals surface area contributed by atoms with Crippen molar-refractivity contribution in [2.45, 2.75) is 20.8 Å². The summed E-state index contributed by atoms with van der Waals surface area (Å²) in [6, 6.07) is 5.64. The van der Waals surface area contributed by atoms with Crippen LogP contribution < -0.4 is 4.74 Å². The van der Waals surface area contributed by atoms with E-state index in [9.17, 15) is 4.79 Å². The molecule has 0 radical (unpaired) electrons. The fourth-order valence-electron chi connectivity index (χ4n) is 1.66. The molecule has 0 atom stereocenters. The first kappa shape index (κ1) is 12.6. The normalized spacial score (nSPS) is 10.0. The molecular formula is C13H19NO2. The topological polar surface area (TPSA) is 29.5 Å². The number of aryl methyl sites for hydroxylation is 1. The van der Waals surface area contributed by atoms with Crippen LogP contribution in [-0.2, 0) is 0 Å². The molecule has 3 heteroatoms. The van der Waals surface area contributed by atoms with Crippen LogP contribution in [0.2, 0.25) is 0 Å². The molecule has 0 heterocycles. The zero-order chi connectivity index (χ0) is 12.1. The number of nitrogens with zero attached hydrogens (tertiary/aromatic N) is 1. The van der Waals surface area contributed by atoms with Crippen molar-refractivity contribution in [3.63, 3.8) is 0 Å². The number of hydrogen-bond acceptors (Lipinski definition) is 2. The fourth-order valence-corrected chi connectivity index (χ4v) is 1.66. The number of methoxy groups -OCH3 is 1. The smallest absolute Gasteiger partial charge is 0.257 e. The molecule has 1 aromatic rings. The monoisotopic (exact) mass is 221 g/mol. The van der Waals surface area contributed by atoms with Crippen LogP contribution in [-0.4, -0.2) is 31.0 Å². The van der Waals surface area contributed by atoms with Crippen LogP contribution in [0.25, 0.3) is 0 Å². The highest BCUT2D eigenvalue weighted by Crippen LogP contribution is 2.21. The zero-order valence-corrected chi connectivity index (χ0v) is 10.4. The lowest BCUT2D eigenvalue weighted by Gasteiger charge is -2.20. The predicted molar refractivity (Wildman–Crippen MR) is 65.0 cm³/mol. The zero-order valence-electron chi connectivity index (χ0n) is 10.4. The summed E-state index contributed by atoms with van der Waals surface area (Å²) in [5, 5.41) is 0. The number of amides is 1. The third-order valence-corrected chi connectivity index (χ3v) is 2.64. The summed E-state index contributed by atoms with van der Waals surface area (Å²) in [5.41, 5.74) is 1.73. The van der Waals surface area contributed by atoms with Crippen LogP contribution in [0.15, 0.2) is 18.2 Å². The Bertz CT molecular complexity index is 370. The SMILES string of the molecule is CCN(CC)C(=O)c1ccc(C)cc1OC. The molecule has 1 aromatic carbocycles. The summed E-state index contributed by atoms with van der Waals surface area (Å²) in [7, 11) is 1.59. The van der Waals surface area contributed by atoms with E-state index in [1.807, 2.05) is 39.0 Å². The minimum absolute atomic E-state index is 0.0295. The summed E-state index contributed by atoms with van der Waals surface area (Å²) in [5.74, 6) is 0.679. The highest BCUT2D eigenvalue weighted by atomic mass is 16.5. The molecular weight excluding hydrogens is 202 g/mol. The number of benzene rings is 1. The standard InChI is InChI=1S/C13H19NO2/c1-5-14(6-2)13(15)11-8-7-10(3)9-12(11)16-4/h7-9H,5-6H2,1-4H3. The Balaban J connectivity index is 3.07. The Labute approximate surface area is 97.0 Å². The molecule has 0 aliphatic carbocycles. The van der Waals surface area contributed by atoms with E-state index in [1.165, 1.54) is 0 Å². The van der Waals surface area contributed by atoms with Crippen molar-refractivity contribution in [2.24, 2.45) is 0 Å². The largest absolute Gasteiger partial charge is 0.496 e. The van der Waals surface area contributed by atoms with E-state index in [-0.39, 0.29) is 5.91 Å². The van der Waals surface area contributed by atoms with Gasteiger partial charge >= 0.3 is 0 Å². The molecule has 0 spiro atoms. The van der Waals surface area contributed by atoms with E-state index >= 15 is 0 Å². The molecule has 1 rings (SSSR count). The Morgan fingerprint density at radius 3 is 2.44 bits per heavy atom. The van der Waals surface area contributed by atoms with E-state index in [1.54, 1.807) is 12.0 Å². The number of carbonyl (C=O) groups is 1. The van der Waals surface area contributed by atoms with Crippen LogP contribution in [0.1, 0.15) is 29.8 Å². The van der Waals surface area contributed by atoms with Crippen molar-refractivity contribution in [3.8, 4) is 5.75 Å². The first-order chi connectivity index (χ1) is 7.63. The average Bonchev–Trinajstić information content (AvgIpc) is 2.30. The first-order valence-electron chi connectivity index (χ1n) is 5.57. The summed E-state index contributed by atoms with van der Waals surface area (Å²) >= 11 is 0. The lowest BCUT2D eigenvalue weighted by atomic mass is 10.1. The van der Waals surface area contributed by atoms with Crippen LogP contribution in [0, 0.1) is 6.92 Å². The van der Waals surface area contributed by atoms with Crippen LogP contribution in [0.4, 0.5) is 0 Å². The van der Waals surface area contributed by atoms with E-state index < -0.39 is 0 Å². The molecule has 0 fully saturated rings. The molecule has 88 valence electrons. The molecule has 0 saturated carbocycles. The van der Waals surface area contributed by atoms with Gasteiger partial charge in [0.15, 0.2) is 0 Å². The van der Waals surface area contributed by atoms with Crippen molar-refractivity contribution in [2.75, 3.05) is 20.2 Å². The fraction of sp³-hybridized carbons (Fsp3) is 0.462. The van der Waals surface area contributed by atoms with Crippen LogP contribution in [0.5, 0.6) is 5.75 Å². The van der Waals surface area contributed by atoms with Gasteiger partial charge in [-0.05, 0) is 38.5 Å². The number of rotatable bonds is 4. The molecule has 0 aliphatic rings. The Hall–Kier alpha value is -1.51. The number of ether oxygens (including phenoxy) is 1. The van der Waals surface area contributed by atoms with Crippen LogP contribution >= 0.6 is 0 Å². The second-order valence-corrected chi connectivity index (χ2v) is 3.68. The molecule has 0 unspecified atom stereocenters. The maximum Gasteiger partial charge on any atom is 0.257 e. The maximum atomic E-state index is 12.1. The van der Waals surface area contributed by atoms with Gasteiger partial charge < -0.3 is 9.64 Å². The summed E-state index contributed by atoms with van der Waals surface area (Å²) < 4.78 is 5.24. The molecule has 16 heavy (non-hydrogen) atoms. The summed E-state index contributed by atoms with van der Waals surface area (Å²) in [6.07, 6.45) is 0. The van der Waals surface area contributed by atoms with Gasteiger partial charge in [0.25, 0.3) is 5.91 Å². The van der Waals surface area contributed by atoms with Gasteiger partial charge in [-0.3, -0.25) is 4.79 Å². The molecule has 1 amide bonds. The predicted octanol–water partition coefficient (Wildman–Crippen LogP) is 2.49. The van der Waals surface area contributed by atoms with Crippen molar-refractivity contribution < 1.29 is 9.53 Å². The van der Waals surface area contributed by atoms with Gasteiger partial charge in [0.1, 0.15) is 5.75 Å². The van der Waals surface area contributed by atoms with Gasteiger partial charge in [-0.25, -0.2) is 0 Å². The molecule has 0 aromatic heterocycles. The average molecular weight is 221 g/mol. The summed E-state index contributed by atoms with van der Waals surface area (Å²) in [4.78, 5) is 13.9. The minimum atomic E-state index is 0.0295. The van der Waals surface area contributed by atoms with E-state index in [4.69, 9.17) is 4.74 Å². The first-order valence-corrected chi connectivity index (χ1v) is 5.57. The number of hydrogen-bond donors (Lipinski definition) is 0. The van der Waals surface area contributed by atoms with Crippen LogP contribution in [0.3, 0.4) is 0 Å². The van der Waals surface area contributed by atoms with E-state index in [2.05, 4.69) is 0 Å². The van der Waals surface area contributed by atoms with Crippen molar-refractivity contribution >= 4 is 5.91 Å². The molecule has 0 bridgehead atoms. The minimum Gasteiger partial charge on any atom is -0.496 e. The third-order valence-electron chi connectivity index (χ3n) is 2.64. The second kappa shape index (κ2) is 5.54. The van der Waals surface area contributed by atoms with Gasteiger partial charge in [0, 0.05) is 13.1 Å². The molecule has 3 nitrogen and oxygen atoms in total. The van der Waals surface area contributed by atoms with E-state index in [0.717, 1.165) is 5.56 Å².